The van der Waals surface area contributed by atoms with Crippen molar-refractivity contribution < 1.29 is 19.1 Å². The Balaban J connectivity index is 1.95. The molecule has 0 aliphatic heterocycles. The maximum atomic E-state index is 12.3. The minimum absolute atomic E-state index is 0.291. The van der Waals surface area contributed by atoms with Crippen molar-refractivity contribution in [2.45, 2.75) is 33.3 Å². The van der Waals surface area contributed by atoms with Crippen molar-refractivity contribution >= 4 is 29.2 Å². The van der Waals surface area contributed by atoms with E-state index in [4.69, 9.17) is 21.1 Å². The maximum Gasteiger partial charge on any atom is 0.338 e. The Bertz CT molecular complexity index is 774. The highest BCUT2D eigenvalue weighted by Gasteiger charge is 2.16. The van der Waals surface area contributed by atoms with Crippen LogP contribution < -0.4 is 10.1 Å². The van der Waals surface area contributed by atoms with Gasteiger partial charge in [0.2, 0.25) is 0 Å². The number of carbonyl (C=O) groups excluding carboxylic acids is 2. The van der Waals surface area contributed by atoms with Crippen molar-refractivity contribution in [1.82, 2.24) is 0 Å². The van der Waals surface area contributed by atoms with Crippen LogP contribution in [0.2, 0.25) is 5.02 Å². The molecule has 26 heavy (non-hydrogen) atoms. The first-order chi connectivity index (χ1) is 12.4. The van der Waals surface area contributed by atoms with Crippen LogP contribution in [0.4, 0.5) is 5.69 Å². The monoisotopic (exact) mass is 375 g/mol. The quantitative estimate of drug-likeness (QED) is 0.717. The Labute approximate surface area is 158 Å². The first-order valence-electron chi connectivity index (χ1n) is 8.41. The molecule has 2 aromatic carbocycles. The lowest BCUT2D eigenvalue weighted by atomic mass is 10.2. The second kappa shape index (κ2) is 9.25. The molecule has 0 saturated carbocycles. The number of aryl methyl sites for hydroxylation is 1. The van der Waals surface area contributed by atoms with Crippen LogP contribution in [0, 0.1) is 6.92 Å². The second-order valence-electron chi connectivity index (χ2n) is 5.87. The van der Waals surface area contributed by atoms with Gasteiger partial charge in [0.1, 0.15) is 5.75 Å². The summed E-state index contributed by atoms with van der Waals surface area (Å²) >= 11 is 5.92. The molecular formula is C20H22ClNO4. The topological polar surface area (TPSA) is 64.6 Å². The van der Waals surface area contributed by atoms with E-state index < -0.39 is 6.10 Å². The fourth-order valence-corrected chi connectivity index (χ4v) is 2.43. The van der Waals surface area contributed by atoms with Crippen LogP contribution in [-0.4, -0.2) is 24.6 Å². The highest BCUT2D eigenvalue weighted by molar-refractivity contribution is 6.30. The van der Waals surface area contributed by atoms with E-state index in [1.54, 1.807) is 49.4 Å². The molecule has 0 fully saturated rings. The van der Waals surface area contributed by atoms with E-state index in [0.717, 1.165) is 12.0 Å². The van der Waals surface area contributed by atoms with Gasteiger partial charge in [-0.15, -0.1) is 0 Å². The lowest BCUT2D eigenvalue weighted by Crippen LogP contribution is -2.30. The summed E-state index contributed by atoms with van der Waals surface area (Å²) in [5.74, 6) is -0.0635. The highest BCUT2D eigenvalue weighted by atomic mass is 35.5. The number of anilines is 1. The molecule has 2 aromatic rings. The maximum absolute atomic E-state index is 12.3. The number of amides is 1. The van der Waals surface area contributed by atoms with Crippen molar-refractivity contribution in [3.63, 3.8) is 0 Å². The number of benzene rings is 2. The van der Waals surface area contributed by atoms with E-state index in [2.05, 4.69) is 5.32 Å². The number of hydrogen-bond donors (Lipinski definition) is 1. The SMILES string of the molecule is CCCOC(=O)c1ccc(NC(=O)C(C)Oc2ccc(Cl)cc2C)cc1. The van der Waals surface area contributed by atoms with Crippen LogP contribution in [0.5, 0.6) is 5.75 Å². The zero-order chi connectivity index (χ0) is 19.1. The molecule has 0 aliphatic rings. The van der Waals surface area contributed by atoms with E-state index in [1.807, 2.05) is 13.8 Å². The molecule has 0 saturated heterocycles. The molecule has 1 N–H and O–H groups in total. The predicted octanol–water partition coefficient (Wildman–Crippen LogP) is 4.62. The minimum Gasteiger partial charge on any atom is -0.481 e. The first kappa shape index (κ1) is 19.8. The van der Waals surface area contributed by atoms with E-state index >= 15 is 0 Å². The second-order valence-corrected chi connectivity index (χ2v) is 6.31. The Morgan fingerprint density at radius 3 is 2.46 bits per heavy atom. The van der Waals surface area contributed by atoms with Crippen molar-refractivity contribution in [2.24, 2.45) is 0 Å². The lowest BCUT2D eigenvalue weighted by Gasteiger charge is -2.16. The molecule has 0 aromatic heterocycles. The summed E-state index contributed by atoms with van der Waals surface area (Å²) in [4.78, 5) is 24.1. The van der Waals surface area contributed by atoms with Crippen LogP contribution >= 0.6 is 11.6 Å². The molecule has 6 heteroatoms. The van der Waals surface area contributed by atoms with Gasteiger partial charge in [-0.3, -0.25) is 4.79 Å². The van der Waals surface area contributed by atoms with Gasteiger partial charge in [-0.1, -0.05) is 18.5 Å². The Morgan fingerprint density at radius 2 is 1.85 bits per heavy atom. The van der Waals surface area contributed by atoms with Crippen molar-refractivity contribution in [3.05, 3.63) is 58.6 Å². The summed E-state index contributed by atoms with van der Waals surface area (Å²) in [7, 11) is 0. The molecule has 1 atom stereocenters. The molecule has 0 radical (unpaired) electrons. The molecular weight excluding hydrogens is 354 g/mol. The summed E-state index contributed by atoms with van der Waals surface area (Å²) in [5, 5.41) is 3.38. The summed E-state index contributed by atoms with van der Waals surface area (Å²) in [6.07, 6.45) is 0.0780. The summed E-state index contributed by atoms with van der Waals surface area (Å²) in [6, 6.07) is 11.8. The largest absolute Gasteiger partial charge is 0.481 e. The highest BCUT2D eigenvalue weighted by Crippen LogP contribution is 2.23. The van der Waals surface area contributed by atoms with Crippen LogP contribution in [0.3, 0.4) is 0 Å². The third-order valence-electron chi connectivity index (χ3n) is 3.64. The van der Waals surface area contributed by atoms with Gasteiger partial charge >= 0.3 is 5.97 Å². The van der Waals surface area contributed by atoms with Gasteiger partial charge in [-0.25, -0.2) is 4.79 Å². The molecule has 2 rings (SSSR count). The van der Waals surface area contributed by atoms with Crippen molar-refractivity contribution in [2.75, 3.05) is 11.9 Å². The number of esters is 1. The molecule has 0 bridgehead atoms. The Hall–Kier alpha value is -2.53. The van der Waals surface area contributed by atoms with Crippen LogP contribution in [0.25, 0.3) is 0 Å². The van der Waals surface area contributed by atoms with E-state index in [0.29, 0.717) is 28.6 Å². The van der Waals surface area contributed by atoms with Crippen molar-refractivity contribution in [3.8, 4) is 5.75 Å². The number of rotatable bonds is 7. The van der Waals surface area contributed by atoms with Gasteiger partial charge in [-0.2, -0.15) is 0 Å². The average Bonchev–Trinajstić information content (AvgIpc) is 2.62. The molecule has 0 heterocycles. The standard InChI is InChI=1S/C20H22ClNO4/c1-4-11-25-20(24)15-5-8-17(9-6-15)22-19(23)14(3)26-18-10-7-16(21)12-13(18)2/h5-10,12,14H,4,11H2,1-3H3,(H,22,23). The predicted molar refractivity (Wildman–Crippen MR) is 102 cm³/mol. The fourth-order valence-electron chi connectivity index (χ4n) is 2.20. The van der Waals surface area contributed by atoms with Gasteiger partial charge in [0.25, 0.3) is 5.91 Å². The zero-order valence-electron chi connectivity index (χ0n) is 15.0. The summed E-state index contributed by atoms with van der Waals surface area (Å²) in [5.41, 5.74) is 1.87. The van der Waals surface area contributed by atoms with Crippen LogP contribution in [0.1, 0.15) is 36.2 Å². The minimum atomic E-state index is -0.691. The van der Waals surface area contributed by atoms with Crippen molar-refractivity contribution in [1.29, 1.82) is 0 Å². The summed E-state index contributed by atoms with van der Waals surface area (Å²) < 4.78 is 10.8. The smallest absolute Gasteiger partial charge is 0.338 e. The van der Waals surface area contributed by atoms with Crippen LogP contribution in [0.15, 0.2) is 42.5 Å². The third-order valence-corrected chi connectivity index (χ3v) is 3.87. The average molecular weight is 376 g/mol. The van der Waals surface area contributed by atoms with Gasteiger partial charge in [-0.05, 0) is 68.3 Å². The Morgan fingerprint density at radius 1 is 1.15 bits per heavy atom. The van der Waals surface area contributed by atoms with Crippen LogP contribution in [-0.2, 0) is 9.53 Å². The molecule has 5 nitrogen and oxygen atoms in total. The fraction of sp³-hybridized carbons (Fsp3) is 0.300. The van der Waals surface area contributed by atoms with E-state index in [1.165, 1.54) is 0 Å². The molecule has 1 amide bonds. The summed E-state index contributed by atoms with van der Waals surface area (Å²) in [6.45, 7) is 5.85. The number of carbonyl (C=O) groups is 2. The molecule has 0 aliphatic carbocycles. The van der Waals surface area contributed by atoms with Gasteiger partial charge in [0.05, 0.1) is 12.2 Å². The van der Waals surface area contributed by atoms with Gasteiger partial charge in [0.15, 0.2) is 6.10 Å². The Kier molecular flexibility index (Phi) is 7.04. The van der Waals surface area contributed by atoms with E-state index in [9.17, 15) is 9.59 Å². The lowest BCUT2D eigenvalue weighted by molar-refractivity contribution is -0.122. The number of nitrogens with one attached hydrogen (secondary N) is 1. The number of hydrogen-bond acceptors (Lipinski definition) is 4. The molecule has 0 spiro atoms. The number of halogens is 1. The molecule has 138 valence electrons. The number of ether oxygens (including phenoxy) is 2. The van der Waals surface area contributed by atoms with Gasteiger partial charge < -0.3 is 14.8 Å². The zero-order valence-corrected chi connectivity index (χ0v) is 15.8. The van der Waals surface area contributed by atoms with Gasteiger partial charge in [0, 0.05) is 10.7 Å². The van der Waals surface area contributed by atoms with E-state index in [-0.39, 0.29) is 11.9 Å². The first-order valence-corrected chi connectivity index (χ1v) is 8.79. The molecule has 1 unspecified atom stereocenters. The normalized spacial score (nSPS) is 11.5. The third kappa shape index (κ3) is 5.49.